The highest BCUT2D eigenvalue weighted by Crippen LogP contribution is 2.27. The van der Waals surface area contributed by atoms with Crippen LogP contribution in [0.3, 0.4) is 0 Å². The molecular weight excluding hydrogens is 338 g/mol. The van der Waals surface area contributed by atoms with Crippen molar-refractivity contribution < 1.29 is 4.79 Å². The molecule has 1 aromatic carbocycles. The second kappa shape index (κ2) is 7.02. The maximum Gasteiger partial charge on any atom is 0.230 e. The molecule has 0 saturated heterocycles. The van der Waals surface area contributed by atoms with Gasteiger partial charge in [0.2, 0.25) is 5.91 Å². The lowest BCUT2D eigenvalue weighted by atomic mass is 9.97. The minimum Gasteiger partial charge on any atom is -0.331 e. The Balaban J connectivity index is 1.56. The summed E-state index contributed by atoms with van der Waals surface area (Å²) in [5.74, 6) is 1.72. The first-order chi connectivity index (χ1) is 13.0. The number of hydrogen-bond donors (Lipinski definition) is 1. The lowest BCUT2D eigenvalue weighted by Gasteiger charge is -2.24. The number of benzene rings is 1. The van der Waals surface area contributed by atoms with E-state index in [0.29, 0.717) is 6.54 Å². The largest absolute Gasteiger partial charge is 0.331 e. The van der Waals surface area contributed by atoms with Crippen molar-refractivity contribution in [2.75, 3.05) is 5.32 Å². The van der Waals surface area contributed by atoms with E-state index in [9.17, 15) is 4.79 Å². The predicted octanol–water partition coefficient (Wildman–Crippen LogP) is 3.84. The van der Waals surface area contributed by atoms with E-state index < -0.39 is 0 Å². The topological polar surface area (TPSA) is 64.7 Å². The van der Waals surface area contributed by atoms with Gasteiger partial charge in [-0.05, 0) is 33.6 Å². The molecule has 2 aromatic heterocycles. The number of nitrogens with zero attached hydrogens (tertiary/aromatic N) is 4. The van der Waals surface area contributed by atoms with Crippen LogP contribution in [0.2, 0.25) is 0 Å². The Hall–Kier alpha value is -2.89. The first-order valence-electron chi connectivity index (χ1n) is 9.49. The molecule has 3 heterocycles. The molecule has 0 bridgehead atoms. The van der Waals surface area contributed by atoms with Crippen molar-refractivity contribution in [2.24, 2.45) is 5.92 Å². The summed E-state index contributed by atoms with van der Waals surface area (Å²) in [6.45, 7) is 6.82. The van der Waals surface area contributed by atoms with E-state index in [2.05, 4.69) is 28.7 Å². The van der Waals surface area contributed by atoms with Gasteiger partial charge in [0.25, 0.3) is 0 Å². The Labute approximate surface area is 159 Å². The van der Waals surface area contributed by atoms with Crippen LogP contribution >= 0.6 is 0 Å². The number of aromatic nitrogens is 4. The highest BCUT2D eigenvalue weighted by molar-refractivity contribution is 5.92. The first-order valence-corrected chi connectivity index (χ1v) is 9.49. The normalized spacial score (nSPS) is 16.4. The molecule has 1 N–H and O–H groups in total. The van der Waals surface area contributed by atoms with Crippen LogP contribution < -0.4 is 5.32 Å². The molecule has 1 amide bonds. The second-order valence-electron chi connectivity index (χ2n) is 7.45. The van der Waals surface area contributed by atoms with Gasteiger partial charge in [0, 0.05) is 36.1 Å². The van der Waals surface area contributed by atoms with Crippen LogP contribution in [0.4, 0.5) is 5.82 Å². The first kappa shape index (κ1) is 17.5. The van der Waals surface area contributed by atoms with Gasteiger partial charge in [0.1, 0.15) is 11.6 Å². The van der Waals surface area contributed by atoms with Crippen LogP contribution in [-0.2, 0) is 17.8 Å². The van der Waals surface area contributed by atoms with Gasteiger partial charge in [-0.3, -0.25) is 4.79 Å². The molecule has 0 saturated carbocycles. The van der Waals surface area contributed by atoms with E-state index in [1.807, 2.05) is 54.2 Å². The molecule has 1 aliphatic rings. The molecule has 140 valence electrons. The Morgan fingerprint density at radius 3 is 2.78 bits per heavy atom. The van der Waals surface area contributed by atoms with Crippen LogP contribution in [0.5, 0.6) is 0 Å². The van der Waals surface area contributed by atoms with E-state index in [1.165, 1.54) is 5.69 Å². The molecule has 0 aliphatic carbocycles. The average molecular weight is 363 g/mol. The number of nitrogens with one attached hydrogen (secondary N) is 1. The average Bonchev–Trinajstić information content (AvgIpc) is 3.26. The van der Waals surface area contributed by atoms with E-state index in [1.54, 1.807) is 0 Å². The zero-order valence-electron chi connectivity index (χ0n) is 16.0. The summed E-state index contributed by atoms with van der Waals surface area (Å²) in [7, 11) is 0. The molecule has 3 aromatic rings. The Morgan fingerprint density at radius 1 is 1.26 bits per heavy atom. The van der Waals surface area contributed by atoms with Crippen molar-refractivity contribution in [2.45, 2.75) is 46.2 Å². The van der Waals surface area contributed by atoms with Crippen molar-refractivity contribution in [3.05, 3.63) is 54.1 Å². The van der Waals surface area contributed by atoms with Crippen LogP contribution in [0.1, 0.15) is 37.8 Å². The quantitative estimate of drug-likeness (QED) is 0.766. The monoisotopic (exact) mass is 363 g/mol. The molecule has 1 atom stereocenters. The fraction of sp³-hybridized carbons (Fsp3) is 0.381. The summed E-state index contributed by atoms with van der Waals surface area (Å²) in [6, 6.07) is 12.2. The summed E-state index contributed by atoms with van der Waals surface area (Å²) in [5, 5.41) is 7.83. The fourth-order valence-corrected chi connectivity index (χ4v) is 3.67. The van der Waals surface area contributed by atoms with Gasteiger partial charge in [-0.2, -0.15) is 5.10 Å². The third-order valence-corrected chi connectivity index (χ3v) is 5.21. The van der Waals surface area contributed by atoms with Crippen LogP contribution in [-0.4, -0.2) is 25.2 Å². The third kappa shape index (κ3) is 3.39. The summed E-state index contributed by atoms with van der Waals surface area (Å²) in [6.07, 6.45) is 3.65. The predicted molar refractivity (Wildman–Crippen MR) is 105 cm³/mol. The highest BCUT2D eigenvalue weighted by atomic mass is 16.2. The molecule has 0 spiro atoms. The number of anilines is 1. The standard InChI is InChI=1S/C21H25N5O/c1-14(2)26-20(11-19(24-26)16-7-5-4-6-8-16)23-21(27)17-9-10-18-12-22-15(3)25(18)13-17/h4-8,11-12,14,17H,9-10,13H2,1-3H3,(H,23,27). The van der Waals surface area contributed by atoms with Crippen LogP contribution in [0.15, 0.2) is 42.6 Å². The molecule has 27 heavy (non-hydrogen) atoms. The van der Waals surface area contributed by atoms with Crippen LogP contribution in [0.25, 0.3) is 11.3 Å². The summed E-state index contributed by atoms with van der Waals surface area (Å²) in [4.78, 5) is 17.3. The lowest BCUT2D eigenvalue weighted by molar-refractivity contribution is -0.120. The van der Waals surface area contributed by atoms with Crippen molar-refractivity contribution in [3.8, 4) is 11.3 Å². The molecule has 0 radical (unpaired) electrons. The Kier molecular flexibility index (Phi) is 4.56. The molecule has 1 unspecified atom stereocenters. The molecule has 6 heteroatoms. The molecule has 6 nitrogen and oxygen atoms in total. The minimum absolute atomic E-state index is 0.0511. The van der Waals surface area contributed by atoms with Crippen molar-refractivity contribution in [3.63, 3.8) is 0 Å². The third-order valence-electron chi connectivity index (χ3n) is 5.21. The van der Waals surface area contributed by atoms with Gasteiger partial charge >= 0.3 is 0 Å². The van der Waals surface area contributed by atoms with Crippen molar-refractivity contribution in [1.82, 2.24) is 19.3 Å². The maximum absolute atomic E-state index is 12.9. The number of rotatable bonds is 4. The van der Waals surface area contributed by atoms with E-state index >= 15 is 0 Å². The fourth-order valence-electron chi connectivity index (χ4n) is 3.67. The number of imidazole rings is 1. The van der Waals surface area contributed by atoms with E-state index in [-0.39, 0.29) is 17.9 Å². The van der Waals surface area contributed by atoms with Crippen molar-refractivity contribution in [1.29, 1.82) is 0 Å². The molecule has 1 aliphatic heterocycles. The lowest BCUT2D eigenvalue weighted by Crippen LogP contribution is -2.32. The SMILES string of the molecule is Cc1ncc2n1CC(C(=O)Nc1cc(-c3ccccc3)nn1C(C)C)CC2. The van der Waals surface area contributed by atoms with Gasteiger partial charge in [-0.1, -0.05) is 30.3 Å². The maximum atomic E-state index is 12.9. The van der Waals surface area contributed by atoms with Gasteiger partial charge in [0.15, 0.2) is 0 Å². The molecule has 0 fully saturated rings. The van der Waals surface area contributed by atoms with Gasteiger partial charge in [-0.15, -0.1) is 0 Å². The zero-order chi connectivity index (χ0) is 19.0. The minimum atomic E-state index is -0.0545. The van der Waals surface area contributed by atoms with Gasteiger partial charge in [-0.25, -0.2) is 9.67 Å². The second-order valence-corrected chi connectivity index (χ2v) is 7.45. The van der Waals surface area contributed by atoms with Crippen LogP contribution in [0, 0.1) is 12.8 Å². The van der Waals surface area contributed by atoms with E-state index in [0.717, 1.165) is 35.7 Å². The van der Waals surface area contributed by atoms with Crippen molar-refractivity contribution >= 4 is 11.7 Å². The smallest absolute Gasteiger partial charge is 0.230 e. The Bertz CT molecular complexity index is 954. The number of aryl methyl sites for hydroxylation is 2. The number of fused-ring (bicyclic) bond motifs is 1. The summed E-state index contributed by atoms with van der Waals surface area (Å²) in [5.41, 5.74) is 3.13. The summed E-state index contributed by atoms with van der Waals surface area (Å²) >= 11 is 0. The molecule has 4 rings (SSSR count). The van der Waals surface area contributed by atoms with Gasteiger partial charge in [0.05, 0.1) is 11.6 Å². The number of hydrogen-bond acceptors (Lipinski definition) is 3. The summed E-state index contributed by atoms with van der Waals surface area (Å²) < 4.78 is 4.04. The van der Waals surface area contributed by atoms with E-state index in [4.69, 9.17) is 5.10 Å². The number of carbonyl (C=O) groups is 1. The zero-order valence-corrected chi connectivity index (χ0v) is 16.0. The Morgan fingerprint density at radius 2 is 2.04 bits per heavy atom. The number of carbonyl (C=O) groups excluding carboxylic acids is 1. The highest BCUT2D eigenvalue weighted by Gasteiger charge is 2.27. The molecular formula is C21H25N5O. The van der Waals surface area contributed by atoms with Gasteiger partial charge < -0.3 is 9.88 Å². The number of amides is 1.